The number of aryl methyl sites for hydroxylation is 1. The summed E-state index contributed by atoms with van der Waals surface area (Å²) in [7, 11) is 1.59. The second kappa shape index (κ2) is 6.45. The average molecular weight is 244 g/mol. The third-order valence-electron chi connectivity index (χ3n) is 2.36. The molecule has 0 fully saturated rings. The molecule has 0 amide bonds. The number of methoxy groups -OCH3 is 1. The minimum Gasteiger partial charge on any atom is -0.497 e. The molecule has 0 radical (unpaired) electrons. The van der Waals surface area contributed by atoms with Crippen LogP contribution in [0.25, 0.3) is 6.08 Å². The van der Waals surface area contributed by atoms with Gasteiger partial charge in [-0.1, -0.05) is 19.2 Å². The van der Waals surface area contributed by atoms with Gasteiger partial charge in [0.1, 0.15) is 11.5 Å². The minimum atomic E-state index is -0.471. The van der Waals surface area contributed by atoms with Crippen molar-refractivity contribution in [1.82, 2.24) is 0 Å². The van der Waals surface area contributed by atoms with Crippen molar-refractivity contribution < 1.29 is 14.3 Å². The van der Waals surface area contributed by atoms with E-state index in [4.69, 9.17) is 9.47 Å². The lowest BCUT2D eigenvalue weighted by Gasteiger charge is -2.06. The Morgan fingerprint density at radius 1 is 1.28 bits per heavy atom. The number of hydrogen-bond acceptors (Lipinski definition) is 3. The van der Waals surface area contributed by atoms with Crippen molar-refractivity contribution in [3.63, 3.8) is 0 Å². The number of allylic oxidation sites excluding steroid dienone is 1. The normalized spacial score (nSPS) is 10.7. The van der Waals surface area contributed by atoms with Crippen molar-refractivity contribution >= 4 is 12.0 Å². The van der Waals surface area contributed by atoms with Crippen molar-refractivity contribution in [3.8, 4) is 5.75 Å². The fourth-order valence-corrected chi connectivity index (χ4v) is 1.39. The molecule has 0 spiro atoms. The fourth-order valence-electron chi connectivity index (χ4n) is 1.39. The van der Waals surface area contributed by atoms with Gasteiger partial charge in [-0.05, 0) is 42.3 Å². The second-order valence-electron chi connectivity index (χ2n) is 3.60. The second-order valence-corrected chi connectivity index (χ2v) is 3.60. The molecule has 1 aromatic rings. The standard InChI is InChI=1S/C15H16O3/c1-5-13(17-4)10-12-7-8-14(9-11(12)3)18-15(16)6-2/h5-10H,1-2H2,3-4H3/b13-10+. The highest BCUT2D eigenvalue weighted by Gasteiger charge is 2.03. The zero-order valence-electron chi connectivity index (χ0n) is 10.6. The van der Waals surface area contributed by atoms with E-state index in [1.54, 1.807) is 25.3 Å². The van der Waals surface area contributed by atoms with Crippen molar-refractivity contribution in [1.29, 1.82) is 0 Å². The Kier molecular flexibility index (Phi) is 4.93. The summed E-state index contributed by atoms with van der Waals surface area (Å²) in [4.78, 5) is 11.1. The number of benzene rings is 1. The van der Waals surface area contributed by atoms with Crippen molar-refractivity contribution in [2.24, 2.45) is 0 Å². The Balaban J connectivity index is 2.99. The quantitative estimate of drug-likeness (QED) is 0.262. The summed E-state index contributed by atoms with van der Waals surface area (Å²) in [5.74, 6) is 0.697. The highest BCUT2D eigenvalue weighted by molar-refractivity contribution is 5.83. The van der Waals surface area contributed by atoms with Crippen LogP contribution in [0.1, 0.15) is 11.1 Å². The van der Waals surface area contributed by atoms with Crippen LogP contribution >= 0.6 is 0 Å². The topological polar surface area (TPSA) is 35.5 Å². The van der Waals surface area contributed by atoms with E-state index in [-0.39, 0.29) is 0 Å². The van der Waals surface area contributed by atoms with E-state index >= 15 is 0 Å². The van der Waals surface area contributed by atoms with Crippen LogP contribution in [0.15, 0.2) is 49.3 Å². The summed E-state index contributed by atoms with van der Waals surface area (Å²) in [6.07, 6.45) is 4.62. The minimum absolute atomic E-state index is 0.471. The number of esters is 1. The molecule has 3 nitrogen and oxygen atoms in total. The molecule has 1 aromatic carbocycles. The number of ether oxygens (including phenoxy) is 2. The van der Waals surface area contributed by atoms with Gasteiger partial charge in [0.25, 0.3) is 0 Å². The highest BCUT2D eigenvalue weighted by atomic mass is 16.5. The Hall–Kier alpha value is -2.29. The molecule has 0 heterocycles. The lowest BCUT2D eigenvalue weighted by atomic mass is 10.1. The fraction of sp³-hybridized carbons (Fsp3) is 0.133. The predicted octanol–water partition coefficient (Wildman–Crippen LogP) is 3.26. The van der Waals surface area contributed by atoms with Gasteiger partial charge in [0.15, 0.2) is 0 Å². The van der Waals surface area contributed by atoms with Gasteiger partial charge in [0.05, 0.1) is 7.11 Å². The molecule has 0 atom stereocenters. The van der Waals surface area contributed by atoms with Crippen molar-refractivity contribution in [2.45, 2.75) is 6.92 Å². The van der Waals surface area contributed by atoms with Gasteiger partial charge in [-0.25, -0.2) is 4.79 Å². The summed E-state index contributed by atoms with van der Waals surface area (Å²) in [6, 6.07) is 5.35. The predicted molar refractivity (Wildman–Crippen MR) is 72.2 cm³/mol. The summed E-state index contributed by atoms with van der Waals surface area (Å²) in [5.41, 5.74) is 1.95. The molecule has 94 valence electrons. The molecular weight excluding hydrogens is 228 g/mol. The molecule has 0 aliphatic heterocycles. The van der Waals surface area contributed by atoms with E-state index < -0.39 is 5.97 Å². The first-order chi connectivity index (χ1) is 8.60. The summed E-state index contributed by atoms with van der Waals surface area (Å²) < 4.78 is 10.1. The molecule has 3 heteroatoms. The van der Waals surface area contributed by atoms with E-state index in [2.05, 4.69) is 13.2 Å². The smallest absolute Gasteiger partial charge is 0.335 e. The van der Waals surface area contributed by atoms with Crippen LogP contribution < -0.4 is 4.74 Å². The van der Waals surface area contributed by atoms with Crippen molar-refractivity contribution in [3.05, 3.63) is 60.4 Å². The van der Waals surface area contributed by atoms with Crippen molar-refractivity contribution in [2.75, 3.05) is 7.11 Å². The third-order valence-corrected chi connectivity index (χ3v) is 2.36. The monoisotopic (exact) mass is 244 g/mol. The maximum Gasteiger partial charge on any atom is 0.335 e. The summed E-state index contributed by atoms with van der Waals surface area (Å²) >= 11 is 0. The van der Waals surface area contributed by atoms with Crippen LogP contribution in [-0.2, 0) is 9.53 Å². The van der Waals surface area contributed by atoms with Crippen LogP contribution in [0.4, 0.5) is 0 Å². The van der Waals surface area contributed by atoms with Gasteiger partial charge in [0, 0.05) is 6.08 Å². The highest BCUT2D eigenvalue weighted by Crippen LogP contribution is 2.20. The van der Waals surface area contributed by atoms with Crippen LogP contribution in [0.3, 0.4) is 0 Å². The first-order valence-electron chi connectivity index (χ1n) is 5.43. The zero-order chi connectivity index (χ0) is 13.5. The molecule has 0 N–H and O–H groups in total. The third kappa shape index (κ3) is 3.63. The molecule has 0 saturated heterocycles. The molecule has 0 aromatic heterocycles. The Morgan fingerprint density at radius 2 is 2.00 bits per heavy atom. The maximum atomic E-state index is 11.1. The van der Waals surface area contributed by atoms with E-state index in [1.807, 2.05) is 19.1 Å². The lowest BCUT2D eigenvalue weighted by Crippen LogP contribution is -2.03. The number of carbonyl (C=O) groups is 1. The molecule has 1 rings (SSSR count). The van der Waals surface area contributed by atoms with E-state index in [0.29, 0.717) is 11.5 Å². The van der Waals surface area contributed by atoms with Crippen LogP contribution in [0.5, 0.6) is 5.75 Å². The Morgan fingerprint density at radius 3 is 2.50 bits per heavy atom. The van der Waals surface area contributed by atoms with E-state index in [9.17, 15) is 4.79 Å². The number of hydrogen-bond donors (Lipinski definition) is 0. The Labute approximate surface area is 107 Å². The summed E-state index contributed by atoms with van der Waals surface area (Å²) in [6.45, 7) is 8.92. The first kappa shape index (κ1) is 13.8. The molecule has 0 bridgehead atoms. The van der Waals surface area contributed by atoms with Crippen LogP contribution in [0, 0.1) is 6.92 Å². The summed E-state index contributed by atoms with van der Waals surface area (Å²) in [5, 5.41) is 0. The molecule has 0 aliphatic rings. The van der Waals surface area contributed by atoms with Gasteiger partial charge >= 0.3 is 5.97 Å². The van der Waals surface area contributed by atoms with Gasteiger partial charge < -0.3 is 9.47 Å². The van der Waals surface area contributed by atoms with Gasteiger partial charge in [0.2, 0.25) is 0 Å². The lowest BCUT2D eigenvalue weighted by molar-refractivity contribution is -0.128. The average Bonchev–Trinajstić information content (AvgIpc) is 2.38. The van der Waals surface area contributed by atoms with Gasteiger partial charge in [-0.3, -0.25) is 0 Å². The molecular formula is C15H16O3. The molecule has 0 saturated carbocycles. The zero-order valence-corrected chi connectivity index (χ0v) is 10.6. The van der Waals surface area contributed by atoms with Crippen LogP contribution in [-0.4, -0.2) is 13.1 Å². The van der Waals surface area contributed by atoms with Crippen LogP contribution in [0.2, 0.25) is 0 Å². The SMILES string of the molecule is C=CC(=O)Oc1ccc(/C=C(\C=C)OC)c(C)c1. The molecule has 0 aliphatic carbocycles. The molecule has 18 heavy (non-hydrogen) atoms. The Bertz CT molecular complexity index is 498. The van der Waals surface area contributed by atoms with E-state index in [1.165, 1.54) is 0 Å². The van der Waals surface area contributed by atoms with Gasteiger partial charge in [-0.2, -0.15) is 0 Å². The van der Waals surface area contributed by atoms with Gasteiger partial charge in [-0.15, -0.1) is 0 Å². The largest absolute Gasteiger partial charge is 0.497 e. The first-order valence-corrected chi connectivity index (χ1v) is 5.43. The molecule has 0 unspecified atom stereocenters. The number of rotatable bonds is 5. The van der Waals surface area contributed by atoms with E-state index in [0.717, 1.165) is 17.2 Å². The number of carbonyl (C=O) groups excluding carboxylic acids is 1. The maximum absolute atomic E-state index is 11.1.